The number of benzene rings is 1. The molecule has 1 fully saturated rings. The van der Waals surface area contributed by atoms with Gasteiger partial charge in [0.15, 0.2) is 28.9 Å². The summed E-state index contributed by atoms with van der Waals surface area (Å²) in [6.45, 7) is 8.80. The molecule has 1 aliphatic rings. The smallest absolute Gasteiger partial charge is 0.355 e. The minimum Gasteiger partial charge on any atom is -0.396 e. The second kappa shape index (κ2) is 10.3. The number of nitrogens with zero attached hydrogens (tertiary/aromatic N) is 5. The first-order valence-electron chi connectivity index (χ1n) is 12.9. The third kappa shape index (κ3) is 4.46. The summed E-state index contributed by atoms with van der Waals surface area (Å²) in [7, 11) is 0. The van der Waals surface area contributed by atoms with Crippen LogP contribution in [0.25, 0.3) is 28.0 Å². The van der Waals surface area contributed by atoms with Crippen molar-refractivity contribution in [2.45, 2.75) is 46.5 Å². The molecule has 1 atom stereocenters. The van der Waals surface area contributed by atoms with Crippen LogP contribution in [0.4, 0.5) is 29.1 Å². The molecular formula is C28H27ClF4N6O. The Labute approximate surface area is 232 Å². The highest BCUT2D eigenvalue weighted by Crippen LogP contribution is 2.40. The normalized spacial score (nSPS) is 15.8. The Morgan fingerprint density at radius 3 is 2.52 bits per heavy atom. The fourth-order valence-corrected chi connectivity index (χ4v) is 5.45. The summed E-state index contributed by atoms with van der Waals surface area (Å²) in [4.78, 5) is 28.8. The highest BCUT2D eigenvalue weighted by atomic mass is 35.5. The average Bonchev–Trinajstić information content (AvgIpc) is 2.91. The molecule has 1 saturated heterocycles. The van der Waals surface area contributed by atoms with Crippen molar-refractivity contribution in [3.05, 3.63) is 68.4 Å². The van der Waals surface area contributed by atoms with E-state index in [1.54, 1.807) is 19.2 Å². The van der Waals surface area contributed by atoms with E-state index in [-0.39, 0.29) is 22.8 Å². The molecule has 4 aromatic rings. The van der Waals surface area contributed by atoms with Gasteiger partial charge in [0.25, 0.3) is 0 Å². The zero-order chi connectivity index (χ0) is 29.0. The summed E-state index contributed by atoms with van der Waals surface area (Å²) in [5.74, 6) is -5.48. The van der Waals surface area contributed by atoms with E-state index in [0.29, 0.717) is 36.0 Å². The lowest BCUT2D eigenvalue weighted by atomic mass is 10.00. The molecule has 4 heterocycles. The first kappa shape index (κ1) is 27.8. The van der Waals surface area contributed by atoms with E-state index in [9.17, 15) is 13.6 Å². The van der Waals surface area contributed by atoms with E-state index < -0.39 is 50.9 Å². The highest BCUT2D eigenvalue weighted by molar-refractivity contribution is 6.31. The van der Waals surface area contributed by atoms with Crippen LogP contribution in [0.1, 0.15) is 50.8 Å². The molecule has 0 unspecified atom stereocenters. The molecule has 5 rings (SSSR count). The van der Waals surface area contributed by atoms with Crippen molar-refractivity contribution >= 4 is 34.1 Å². The Hall–Kier alpha value is -3.73. The Bertz CT molecular complexity index is 1700. The van der Waals surface area contributed by atoms with Crippen LogP contribution in [0.2, 0.25) is 5.02 Å². The molecule has 0 amide bonds. The molecule has 0 bridgehead atoms. The molecule has 0 saturated carbocycles. The SMILES string of the molecule is Cc1ccnc(C(C)C)c1-n1c(=O)nc(N2CCC[C@H](C)C2)c2cc(F)c(-c3c(N)c(F)c(F)c(Cl)c3F)nc21. The van der Waals surface area contributed by atoms with Gasteiger partial charge in [-0.1, -0.05) is 32.4 Å². The van der Waals surface area contributed by atoms with Gasteiger partial charge in [0.2, 0.25) is 0 Å². The van der Waals surface area contributed by atoms with Gasteiger partial charge in [-0.25, -0.2) is 31.9 Å². The van der Waals surface area contributed by atoms with E-state index in [4.69, 9.17) is 17.3 Å². The number of nitrogens with two attached hydrogens (primary N) is 1. The van der Waals surface area contributed by atoms with Gasteiger partial charge in [0, 0.05) is 19.3 Å². The third-order valence-electron chi connectivity index (χ3n) is 7.22. The van der Waals surface area contributed by atoms with Crippen LogP contribution in [-0.4, -0.2) is 32.6 Å². The van der Waals surface area contributed by atoms with E-state index in [1.165, 1.54) is 4.57 Å². The van der Waals surface area contributed by atoms with Crippen LogP contribution in [-0.2, 0) is 0 Å². The van der Waals surface area contributed by atoms with Gasteiger partial charge >= 0.3 is 5.69 Å². The summed E-state index contributed by atoms with van der Waals surface area (Å²) >= 11 is 5.67. The van der Waals surface area contributed by atoms with Crippen molar-refractivity contribution in [2.24, 2.45) is 5.92 Å². The summed E-state index contributed by atoms with van der Waals surface area (Å²) in [5, 5.41) is -1.01. The summed E-state index contributed by atoms with van der Waals surface area (Å²) in [6, 6.07) is 2.76. The summed E-state index contributed by atoms with van der Waals surface area (Å²) < 4.78 is 60.8. The molecule has 7 nitrogen and oxygen atoms in total. The van der Waals surface area contributed by atoms with Gasteiger partial charge in [-0.05, 0) is 49.3 Å². The minimum atomic E-state index is -1.70. The Morgan fingerprint density at radius 2 is 1.85 bits per heavy atom. The second-order valence-corrected chi connectivity index (χ2v) is 10.9. The molecule has 0 radical (unpaired) electrons. The minimum absolute atomic E-state index is 0.0673. The van der Waals surface area contributed by atoms with Crippen molar-refractivity contribution in [3.8, 4) is 16.9 Å². The van der Waals surface area contributed by atoms with Crippen molar-refractivity contribution < 1.29 is 17.6 Å². The quantitative estimate of drug-likeness (QED) is 0.133. The van der Waals surface area contributed by atoms with Crippen LogP contribution < -0.4 is 16.3 Å². The Morgan fingerprint density at radius 1 is 1.12 bits per heavy atom. The van der Waals surface area contributed by atoms with Crippen LogP contribution in [0.15, 0.2) is 23.1 Å². The molecule has 1 aromatic carbocycles. The van der Waals surface area contributed by atoms with E-state index in [2.05, 4.69) is 21.9 Å². The van der Waals surface area contributed by atoms with Gasteiger partial charge in [-0.3, -0.25) is 4.98 Å². The third-order valence-corrected chi connectivity index (χ3v) is 7.55. The van der Waals surface area contributed by atoms with Gasteiger partial charge in [-0.2, -0.15) is 4.98 Å². The fraction of sp³-hybridized carbons (Fsp3) is 0.357. The number of hydrogen-bond donors (Lipinski definition) is 1. The first-order valence-corrected chi connectivity index (χ1v) is 13.3. The number of nitrogen functional groups attached to an aromatic ring is 1. The molecule has 0 spiro atoms. The van der Waals surface area contributed by atoms with Crippen molar-refractivity contribution in [1.29, 1.82) is 0 Å². The van der Waals surface area contributed by atoms with Gasteiger partial charge in [-0.15, -0.1) is 0 Å². The average molecular weight is 575 g/mol. The zero-order valence-corrected chi connectivity index (χ0v) is 23.1. The second-order valence-electron chi connectivity index (χ2n) is 10.5. The molecule has 40 heavy (non-hydrogen) atoms. The number of piperidine rings is 1. The standard InChI is InChI=1S/C28H27ClF4N6O/c1-12(2)23-25(14(4)7-8-35-23)39-27-15(26(37-28(39)40)38-9-5-6-13(3)11-38)10-16(30)24(36-27)17-19(31)18(29)20(32)21(33)22(17)34/h7-8,10,12-13H,5-6,9,11,34H2,1-4H3/t13-/m0/s1. The molecule has 3 aromatic heterocycles. The number of aryl methyl sites for hydroxylation is 1. The monoisotopic (exact) mass is 574 g/mol. The van der Waals surface area contributed by atoms with Gasteiger partial charge in [0.05, 0.1) is 28.0 Å². The molecule has 0 aliphatic carbocycles. The van der Waals surface area contributed by atoms with Crippen molar-refractivity contribution in [1.82, 2.24) is 19.5 Å². The fourth-order valence-electron chi connectivity index (χ4n) is 5.27. The largest absolute Gasteiger partial charge is 0.396 e. The van der Waals surface area contributed by atoms with E-state index in [0.717, 1.165) is 18.9 Å². The highest BCUT2D eigenvalue weighted by Gasteiger charge is 2.30. The number of pyridine rings is 2. The zero-order valence-electron chi connectivity index (χ0n) is 22.3. The molecule has 1 aliphatic heterocycles. The first-order chi connectivity index (χ1) is 18.9. The summed E-state index contributed by atoms with van der Waals surface area (Å²) in [5.41, 5.74) is 3.96. The predicted molar refractivity (Wildman–Crippen MR) is 147 cm³/mol. The maximum Gasteiger partial charge on any atom is 0.355 e. The van der Waals surface area contributed by atoms with Crippen LogP contribution >= 0.6 is 11.6 Å². The number of rotatable bonds is 4. The maximum absolute atomic E-state index is 15.8. The molecule has 2 N–H and O–H groups in total. The number of aromatic nitrogens is 4. The number of halogens is 5. The summed E-state index contributed by atoms with van der Waals surface area (Å²) in [6.07, 6.45) is 3.44. The molecule has 210 valence electrons. The lowest BCUT2D eigenvalue weighted by Gasteiger charge is -2.32. The lowest BCUT2D eigenvalue weighted by Crippen LogP contribution is -2.37. The lowest BCUT2D eigenvalue weighted by molar-refractivity contribution is 0.445. The Balaban J connectivity index is 1.93. The van der Waals surface area contributed by atoms with E-state index in [1.807, 2.05) is 18.7 Å². The predicted octanol–water partition coefficient (Wildman–Crippen LogP) is 6.30. The van der Waals surface area contributed by atoms with E-state index >= 15 is 8.78 Å². The van der Waals surface area contributed by atoms with Gasteiger partial charge < -0.3 is 10.6 Å². The molecular weight excluding hydrogens is 548 g/mol. The number of anilines is 2. The topological polar surface area (TPSA) is 89.9 Å². The number of fused-ring (bicyclic) bond motifs is 1. The van der Waals surface area contributed by atoms with Crippen LogP contribution in [0.5, 0.6) is 0 Å². The Kier molecular flexibility index (Phi) is 7.20. The van der Waals surface area contributed by atoms with Crippen molar-refractivity contribution in [3.63, 3.8) is 0 Å². The van der Waals surface area contributed by atoms with Crippen LogP contribution in [0.3, 0.4) is 0 Å². The molecule has 12 heteroatoms. The van der Waals surface area contributed by atoms with Crippen molar-refractivity contribution in [2.75, 3.05) is 23.7 Å². The van der Waals surface area contributed by atoms with Gasteiger partial charge in [0.1, 0.15) is 16.5 Å². The van der Waals surface area contributed by atoms with Crippen LogP contribution in [0, 0.1) is 36.1 Å². The number of hydrogen-bond acceptors (Lipinski definition) is 6. The maximum atomic E-state index is 15.8.